The molecule has 0 aliphatic rings. The number of aryl methyl sites for hydroxylation is 1. The Kier molecular flexibility index (Phi) is 4.86. The summed E-state index contributed by atoms with van der Waals surface area (Å²) in [6.07, 6.45) is 2.86. The van der Waals surface area contributed by atoms with Gasteiger partial charge in [0, 0.05) is 31.5 Å². The number of nitrogens with one attached hydrogen (secondary N) is 2. The standard InChI is InChI=1S/C14H18N4O3/c1-2-3-8-15-14(19)7-6-13-16-11-5-4-10(18(20)21)9-12(11)17-13/h4-5,9H,2-3,6-8H2,1H3,(H,15,19)(H,16,17). The number of rotatable bonds is 7. The van der Waals surface area contributed by atoms with E-state index < -0.39 is 4.92 Å². The molecule has 1 aromatic carbocycles. The van der Waals surface area contributed by atoms with Crippen LogP contribution in [0.3, 0.4) is 0 Å². The zero-order valence-electron chi connectivity index (χ0n) is 11.9. The molecule has 2 aromatic rings. The minimum Gasteiger partial charge on any atom is -0.356 e. The molecule has 0 bridgehead atoms. The molecule has 21 heavy (non-hydrogen) atoms. The van der Waals surface area contributed by atoms with Crippen LogP contribution in [0.2, 0.25) is 0 Å². The lowest BCUT2D eigenvalue weighted by molar-refractivity contribution is -0.384. The number of H-pyrrole nitrogens is 1. The number of carbonyl (C=O) groups excluding carboxylic acids is 1. The number of nitro groups is 1. The van der Waals surface area contributed by atoms with Gasteiger partial charge in [-0.25, -0.2) is 4.98 Å². The van der Waals surface area contributed by atoms with Crippen molar-refractivity contribution in [3.63, 3.8) is 0 Å². The Morgan fingerprint density at radius 2 is 2.29 bits per heavy atom. The molecular formula is C14H18N4O3. The number of amides is 1. The van der Waals surface area contributed by atoms with Crippen LogP contribution in [0, 0.1) is 10.1 Å². The number of hydrogen-bond donors (Lipinski definition) is 2. The molecule has 7 nitrogen and oxygen atoms in total. The molecule has 2 rings (SSSR count). The van der Waals surface area contributed by atoms with Gasteiger partial charge in [0.15, 0.2) is 0 Å². The van der Waals surface area contributed by atoms with Crippen molar-refractivity contribution in [2.24, 2.45) is 0 Å². The van der Waals surface area contributed by atoms with Gasteiger partial charge in [-0.2, -0.15) is 0 Å². The highest BCUT2D eigenvalue weighted by molar-refractivity contribution is 5.78. The van der Waals surface area contributed by atoms with Gasteiger partial charge in [0.25, 0.3) is 5.69 Å². The second kappa shape index (κ2) is 6.83. The van der Waals surface area contributed by atoms with E-state index in [1.54, 1.807) is 6.07 Å². The van der Waals surface area contributed by atoms with Gasteiger partial charge in [-0.1, -0.05) is 13.3 Å². The average Bonchev–Trinajstić information content (AvgIpc) is 2.87. The van der Waals surface area contributed by atoms with Crippen molar-refractivity contribution in [3.8, 4) is 0 Å². The van der Waals surface area contributed by atoms with Crippen LogP contribution in [-0.4, -0.2) is 27.3 Å². The predicted molar refractivity (Wildman–Crippen MR) is 79.0 cm³/mol. The first-order chi connectivity index (χ1) is 10.1. The first-order valence-corrected chi connectivity index (χ1v) is 7.00. The maximum Gasteiger partial charge on any atom is 0.271 e. The van der Waals surface area contributed by atoms with Crippen LogP contribution in [-0.2, 0) is 11.2 Å². The molecular weight excluding hydrogens is 272 g/mol. The van der Waals surface area contributed by atoms with Crippen LogP contribution in [0.4, 0.5) is 5.69 Å². The summed E-state index contributed by atoms with van der Waals surface area (Å²) in [5.41, 5.74) is 1.31. The molecule has 7 heteroatoms. The highest BCUT2D eigenvalue weighted by atomic mass is 16.6. The summed E-state index contributed by atoms with van der Waals surface area (Å²) >= 11 is 0. The van der Waals surface area contributed by atoms with Crippen molar-refractivity contribution in [1.29, 1.82) is 0 Å². The Labute approximate surface area is 121 Å². The monoisotopic (exact) mass is 290 g/mol. The van der Waals surface area contributed by atoms with Crippen LogP contribution in [0.1, 0.15) is 32.0 Å². The molecule has 2 N–H and O–H groups in total. The summed E-state index contributed by atoms with van der Waals surface area (Å²) in [7, 11) is 0. The number of nitrogens with zero attached hydrogens (tertiary/aromatic N) is 2. The fraction of sp³-hybridized carbons (Fsp3) is 0.429. The van der Waals surface area contributed by atoms with Gasteiger partial charge in [-0.05, 0) is 12.5 Å². The number of imidazole rings is 1. The molecule has 0 unspecified atom stereocenters. The number of fused-ring (bicyclic) bond motifs is 1. The van der Waals surface area contributed by atoms with Gasteiger partial charge < -0.3 is 10.3 Å². The van der Waals surface area contributed by atoms with E-state index in [4.69, 9.17) is 0 Å². The fourth-order valence-electron chi connectivity index (χ4n) is 2.01. The Balaban J connectivity index is 1.96. The van der Waals surface area contributed by atoms with Gasteiger partial charge in [-0.15, -0.1) is 0 Å². The van der Waals surface area contributed by atoms with Gasteiger partial charge >= 0.3 is 0 Å². The molecule has 0 aliphatic carbocycles. The van der Waals surface area contributed by atoms with Gasteiger partial charge in [0.05, 0.1) is 16.0 Å². The number of benzene rings is 1. The Morgan fingerprint density at radius 3 is 3.00 bits per heavy atom. The lowest BCUT2D eigenvalue weighted by Gasteiger charge is -2.02. The maximum atomic E-state index is 11.6. The summed E-state index contributed by atoms with van der Waals surface area (Å²) in [6.45, 7) is 2.77. The third-order valence-corrected chi connectivity index (χ3v) is 3.17. The zero-order valence-corrected chi connectivity index (χ0v) is 11.9. The minimum absolute atomic E-state index is 0.00473. The summed E-state index contributed by atoms with van der Waals surface area (Å²) in [6, 6.07) is 4.48. The number of nitro benzene ring substituents is 1. The first-order valence-electron chi connectivity index (χ1n) is 7.00. The van der Waals surface area contributed by atoms with Crippen molar-refractivity contribution in [2.45, 2.75) is 32.6 Å². The number of hydrogen-bond acceptors (Lipinski definition) is 4. The molecule has 0 saturated heterocycles. The van der Waals surface area contributed by atoms with Crippen LogP contribution < -0.4 is 5.32 Å². The lowest BCUT2D eigenvalue weighted by Crippen LogP contribution is -2.24. The quantitative estimate of drug-likeness (QED) is 0.464. The van der Waals surface area contributed by atoms with Crippen molar-refractivity contribution in [1.82, 2.24) is 15.3 Å². The van der Waals surface area contributed by atoms with Gasteiger partial charge in [0.1, 0.15) is 5.82 Å². The SMILES string of the molecule is CCCCNC(=O)CCc1nc2ccc([N+](=O)[O-])cc2[nH]1. The van der Waals surface area contributed by atoms with Crippen LogP contribution in [0.15, 0.2) is 18.2 Å². The van der Waals surface area contributed by atoms with E-state index in [0.29, 0.717) is 36.2 Å². The summed E-state index contributed by atoms with van der Waals surface area (Å²) < 4.78 is 0. The second-order valence-corrected chi connectivity index (χ2v) is 4.85. The highest BCUT2D eigenvalue weighted by Crippen LogP contribution is 2.19. The first kappa shape index (κ1) is 15.0. The molecule has 112 valence electrons. The van der Waals surface area contributed by atoms with E-state index in [9.17, 15) is 14.9 Å². The normalized spacial score (nSPS) is 10.7. The largest absolute Gasteiger partial charge is 0.356 e. The van der Waals surface area contributed by atoms with Crippen LogP contribution >= 0.6 is 0 Å². The zero-order chi connectivity index (χ0) is 15.2. The number of aromatic amines is 1. The molecule has 0 atom stereocenters. The maximum absolute atomic E-state index is 11.6. The molecule has 0 aliphatic heterocycles. The number of aromatic nitrogens is 2. The highest BCUT2D eigenvalue weighted by Gasteiger charge is 2.10. The van der Waals surface area contributed by atoms with Crippen molar-refractivity contribution in [2.75, 3.05) is 6.54 Å². The Hall–Kier alpha value is -2.44. The number of non-ortho nitro benzene ring substituents is 1. The Bertz CT molecular complexity index is 651. The predicted octanol–water partition coefficient (Wildman–Crippen LogP) is 2.32. The molecule has 1 heterocycles. The number of unbranched alkanes of at least 4 members (excludes halogenated alkanes) is 1. The third-order valence-electron chi connectivity index (χ3n) is 3.17. The summed E-state index contributed by atoms with van der Waals surface area (Å²) in [5.74, 6) is 0.658. The van der Waals surface area contributed by atoms with Gasteiger partial charge in [-0.3, -0.25) is 14.9 Å². The van der Waals surface area contributed by atoms with E-state index in [-0.39, 0.29) is 11.6 Å². The van der Waals surface area contributed by atoms with Crippen molar-refractivity contribution in [3.05, 3.63) is 34.1 Å². The smallest absolute Gasteiger partial charge is 0.271 e. The van der Waals surface area contributed by atoms with Gasteiger partial charge in [0.2, 0.25) is 5.91 Å². The molecule has 0 fully saturated rings. The second-order valence-electron chi connectivity index (χ2n) is 4.85. The van der Waals surface area contributed by atoms with Crippen LogP contribution in [0.25, 0.3) is 11.0 Å². The molecule has 0 spiro atoms. The average molecular weight is 290 g/mol. The van der Waals surface area contributed by atoms with Crippen molar-refractivity contribution < 1.29 is 9.72 Å². The molecule has 1 amide bonds. The van der Waals surface area contributed by atoms with Crippen LogP contribution in [0.5, 0.6) is 0 Å². The number of carbonyl (C=O) groups is 1. The van der Waals surface area contributed by atoms with E-state index in [1.807, 2.05) is 0 Å². The fourth-order valence-corrected chi connectivity index (χ4v) is 2.01. The van der Waals surface area contributed by atoms with E-state index in [0.717, 1.165) is 12.8 Å². The Morgan fingerprint density at radius 1 is 1.48 bits per heavy atom. The summed E-state index contributed by atoms with van der Waals surface area (Å²) in [5, 5.41) is 13.6. The van der Waals surface area contributed by atoms with E-state index in [1.165, 1.54) is 12.1 Å². The third kappa shape index (κ3) is 4.01. The minimum atomic E-state index is -0.443. The lowest BCUT2D eigenvalue weighted by atomic mass is 10.2. The van der Waals surface area contributed by atoms with Crippen molar-refractivity contribution >= 4 is 22.6 Å². The molecule has 0 radical (unpaired) electrons. The molecule has 1 aromatic heterocycles. The summed E-state index contributed by atoms with van der Waals surface area (Å²) in [4.78, 5) is 29.2. The molecule has 0 saturated carbocycles. The topological polar surface area (TPSA) is 101 Å². The van der Waals surface area contributed by atoms with E-state index >= 15 is 0 Å². The van der Waals surface area contributed by atoms with E-state index in [2.05, 4.69) is 22.2 Å².